The first kappa shape index (κ1) is 29.6. The summed E-state index contributed by atoms with van der Waals surface area (Å²) < 4.78 is 25.3. The number of nitrogens with zero attached hydrogens (tertiary/aromatic N) is 2. The molecule has 0 radical (unpaired) electrons. The zero-order chi connectivity index (χ0) is 30.8. The van der Waals surface area contributed by atoms with Crippen molar-refractivity contribution in [1.82, 2.24) is 0 Å². The van der Waals surface area contributed by atoms with Crippen molar-refractivity contribution < 1.29 is 33.2 Å². The molecule has 3 unspecified atom stereocenters. The van der Waals surface area contributed by atoms with Crippen molar-refractivity contribution in [3.63, 3.8) is 0 Å². The van der Waals surface area contributed by atoms with E-state index in [9.17, 15) is 28.9 Å². The monoisotopic (exact) mass is 605 g/mol. The lowest BCUT2D eigenvalue weighted by Gasteiger charge is -2.43. The number of hydrogen-bond donors (Lipinski definition) is 1. The number of nitro groups is 1. The van der Waals surface area contributed by atoms with Crippen LogP contribution in [0.4, 0.5) is 15.8 Å². The maximum absolute atomic E-state index is 14.6. The maximum Gasteiger partial charge on any atom is 0.338 e. The molecule has 10 nitrogen and oxygen atoms in total. The fraction of sp³-hybridized carbons (Fsp3) is 0.258. The van der Waals surface area contributed by atoms with E-state index >= 15 is 0 Å². The molecule has 0 saturated heterocycles. The number of carbonyl (C=O) groups excluding carboxylic acids is 3. The smallest absolute Gasteiger partial charge is 0.338 e. The van der Waals surface area contributed by atoms with Crippen LogP contribution in [-0.4, -0.2) is 35.9 Å². The first-order chi connectivity index (χ1) is 20.7. The standard InChI is InChI=1S/C31H28FN3O7S/c1-3-41-30(37)25-21(23-9-6-14-43-23)16-22-26(28(25)36)24(17-7-5-8-18(32)15-17)27(31(38)42-4-2)29(33)34(22)19-10-12-20(13-11-19)35(39)40/h5-15,21,24-25H,3-4,16,33H2,1-2H3. The minimum Gasteiger partial charge on any atom is -0.465 e. The highest BCUT2D eigenvalue weighted by atomic mass is 32.1. The van der Waals surface area contributed by atoms with Gasteiger partial charge in [-0.15, -0.1) is 11.3 Å². The van der Waals surface area contributed by atoms with E-state index in [-0.39, 0.29) is 47.9 Å². The predicted molar refractivity (Wildman–Crippen MR) is 156 cm³/mol. The summed E-state index contributed by atoms with van der Waals surface area (Å²) in [5.41, 5.74) is 7.55. The van der Waals surface area contributed by atoms with Crippen LogP contribution in [-0.2, 0) is 23.9 Å². The zero-order valence-corrected chi connectivity index (χ0v) is 24.1. The van der Waals surface area contributed by atoms with Crippen molar-refractivity contribution in [3.8, 4) is 0 Å². The van der Waals surface area contributed by atoms with Gasteiger partial charge in [0, 0.05) is 39.9 Å². The predicted octanol–water partition coefficient (Wildman–Crippen LogP) is 5.32. The highest BCUT2D eigenvalue weighted by molar-refractivity contribution is 7.10. The molecule has 3 aromatic rings. The number of Topliss-reactive ketones (excluding diaryl/α,β-unsaturated/α-hetero) is 1. The van der Waals surface area contributed by atoms with Crippen LogP contribution < -0.4 is 10.6 Å². The minimum absolute atomic E-state index is 0.00519. The average Bonchev–Trinajstić information content (AvgIpc) is 3.52. The number of anilines is 1. The fourth-order valence-corrected chi connectivity index (χ4v) is 6.61. The third-order valence-corrected chi connectivity index (χ3v) is 8.49. The molecule has 0 saturated carbocycles. The number of ether oxygens (including phenoxy) is 2. The molecule has 1 aliphatic heterocycles. The van der Waals surface area contributed by atoms with Gasteiger partial charge < -0.3 is 15.2 Å². The number of hydrogen-bond acceptors (Lipinski definition) is 10. The lowest BCUT2D eigenvalue weighted by Crippen LogP contribution is -2.46. The Morgan fingerprint density at radius 1 is 1.09 bits per heavy atom. The summed E-state index contributed by atoms with van der Waals surface area (Å²) in [6.45, 7) is 3.30. The number of esters is 2. The van der Waals surface area contributed by atoms with E-state index in [1.54, 1.807) is 19.9 Å². The normalized spacial score (nSPS) is 20.1. The minimum atomic E-state index is -1.24. The van der Waals surface area contributed by atoms with Gasteiger partial charge in [0.25, 0.3) is 5.69 Å². The van der Waals surface area contributed by atoms with Crippen molar-refractivity contribution in [1.29, 1.82) is 0 Å². The van der Waals surface area contributed by atoms with Gasteiger partial charge in [0.05, 0.1) is 29.6 Å². The zero-order valence-electron chi connectivity index (χ0n) is 23.3. The number of thiophene rings is 1. The highest BCUT2D eigenvalue weighted by Crippen LogP contribution is 2.52. The topological polar surface area (TPSA) is 142 Å². The van der Waals surface area contributed by atoms with Crippen molar-refractivity contribution >= 4 is 40.4 Å². The van der Waals surface area contributed by atoms with E-state index in [1.807, 2.05) is 17.5 Å². The van der Waals surface area contributed by atoms with E-state index in [2.05, 4.69) is 0 Å². The van der Waals surface area contributed by atoms with Gasteiger partial charge in [0.2, 0.25) is 0 Å². The van der Waals surface area contributed by atoms with Gasteiger partial charge in [-0.05, 0) is 61.5 Å². The Bertz CT molecular complexity index is 1650. The van der Waals surface area contributed by atoms with Gasteiger partial charge >= 0.3 is 11.9 Å². The van der Waals surface area contributed by atoms with Gasteiger partial charge in [-0.1, -0.05) is 18.2 Å². The number of non-ortho nitro benzene ring substituents is 1. The van der Waals surface area contributed by atoms with E-state index in [4.69, 9.17) is 15.2 Å². The molecular weight excluding hydrogens is 577 g/mol. The summed E-state index contributed by atoms with van der Waals surface area (Å²) in [5, 5.41) is 13.2. The quantitative estimate of drug-likeness (QED) is 0.156. The van der Waals surface area contributed by atoms with Gasteiger partial charge in [-0.2, -0.15) is 0 Å². The van der Waals surface area contributed by atoms with Crippen LogP contribution in [0.25, 0.3) is 0 Å². The number of nitrogens with two attached hydrogens (primary N) is 1. The molecule has 0 amide bonds. The second kappa shape index (κ2) is 12.2. The Hall–Kier alpha value is -4.84. The van der Waals surface area contributed by atoms with Crippen molar-refractivity contribution in [2.24, 2.45) is 11.7 Å². The highest BCUT2D eigenvalue weighted by Gasteiger charge is 2.51. The molecule has 5 rings (SSSR count). The first-order valence-corrected chi connectivity index (χ1v) is 14.5. The molecule has 1 aliphatic carbocycles. The van der Waals surface area contributed by atoms with E-state index in [1.165, 1.54) is 58.7 Å². The number of nitro benzene ring substituents is 1. The fourth-order valence-electron chi connectivity index (χ4n) is 5.75. The van der Waals surface area contributed by atoms with Crippen LogP contribution in [0.1, 0.15) is 42.5 Å². The van der Waals surface area contributed by atoms with Crippen LogP contribution in [0, 0.1) is 21.8 Å². The largest absolute Gasteiger partial charge is 0.465 e. The number of rotatable bonds is 8. The van der Waals surface area contributed by atoms with Crippen LogP contribution in [0.5, 0.6) is 0 Å². The number of ketones is 1. The molecule has 2 heterocycles. The Morgan fingerprint density at radius 2 is 1.81 bits per heavy atom. The molecule has 43 heavy (non-hydrogen) atoms. The molecule has 222 valence electrons. The van der Waals surface area contributed by atoms with Gasteiger partial charge in [0.1, 0.15) is 17.6 Å². The van der Waals surface area contributed by atoms with Crippen molar-refractivity contribution in [3.05, 3.63) is 115 Å². The molecular formula is C31H28FN3O7S. The summed E-state index contributed by atoms with van der Waals surface area (Å²) in [6, 6.07) is 14.6. The third kappa shape index (κ3) is 5.41. The Morgan fingerprint density at radius 3 is 2.42 bits per heavy atom. The van der Waals surface area contributed by atoms with E-state index in [0.29, 0.717) is 11.4 Å². The summed E-state index contributed by atoms with van der Waals surface area (Å²) in [6.07, 6.45) is 0.130. The van der Waals surface area contributed by atoms with Crippen LogP contribution in [0.2, 0.25) is 0 Å². The number of carbonyl (C=O) groups is 3. The SMILES string of the molecule is CCOC(=O)C1=C(N)N(c2ccc([N+](=O)[O-])cc2)C2=C(C(=O)C(C(=O)OCC)C(c3cccs3)C2)C1c1cccc(F)c1. The molecule has 3 atom stereocenters. The number of allylic oxidation sites excluding steroid dienone is 2. The van der Waals surface area contributed by atoms with Crippen LogP contribution in [0.3, 0.4) is 0 Å². The maximum atomic E-state index is 14.6. The second-order valence-electron chi connectivity index (χ2n) is 9.90. The summed E-state index contributed by atoms with van der Waals surface area (Å²) in [4.78, 5) is 54.7. The summed E-state index contributed by atoms with van der Waals surface area (Å²) >= 11 is 1.38. The molecule has 0 bridgehead atoms. The van der Waals surface area contributed by atoms with Gasteiger partial charge in [-0.25, -0.2) is 9.18 Å². The number of benzene rings is 2. The molecule has 0 spiro atoms. The molecule has 0 fully saturated rings. The average molecular weight is 606 g/mol. The first-order valence-electron chi connectivity index (χ1n) is 13.6. The van der Waals surface area contributed by atoms with Gasteiger partial charge in [-0.3, -0.25) is 24.6 Å². The number of halogens is 1. The molecule has 2 N–H and O–H groups in total. The summed E-state index contributed by atoms with van der Waals surface area (Å²) in [5.74, 6) is -5.83. The Kier molecular flexibility index (Phi) is 8.40. The van der Waals surface area contributed by atoms with E-state index in [0.717, 1.165) is 4.88 Å². The molecule has 12 heteroatoms. The molecule has 1 aromatic heterocycles. The Labute approximate surface area is 250 Å². The van der Waals surface area contributed by atoms with Crippen LogP contribution >= 0.6 is 11.3 Å². The lowest BCUT2D eigenvalue weighted by atomic mass is 9.68. The lowest BCUT2D eigenvalue weighted by molar-refractivity contribution is -0.384. The van der Waals surface area contributed by atoms with Gasteiger partial charge in [0.15, 0.2) is 5.78 Å². The van der Waals surface area contributed by atoms with Crippen molar-refractivity contribution in [2.75, 3.05) is 18.1 Å². The molecule has 2 aromatic carbocycles. The van der Waals surface area contributed by atoms with Crippen LogP contribution in [0.15, 0.2) is 88.7 Å². The van der Waals surface area contributed by atoms with Crippen molar-refractivity contribution in [2.45, 2.75) is 32.1 Å². The Balaban J connectivity index is 1.81. The second-order valence-corrected chi connectivity index (χ2v) is 10.9. The summed E-state index contributed by atoms with van der Waals surface area (Å²) in [7, 11) is 0. The molecule has 2 aliphatic rings. The van der Waals surface area contributed by atoms with E-state index < -0.39 is 46.2 Å². The third-order valence-electron chi connectivity index (χ3n) is 7.48.